The van der Waals surface area contributed by atoms with Crippen LogP contribution in [0.25, 0.3) is 11.5 Å². The summed E-state index contributed by atoms with van der Waals surface area (Å²) >= 11 is 0. The number of halogens is 2. The Morgan fingerprint density at radius 3 is 2.68 bits per heavy atom. The molecule has 0 radical (unpaired) electrons. The molecule has 3 aromatic rings. The topological polar surface area (TPSA) is 112 Å². The van der Waals surface area contributed by atoms with E-state index >= 15 is 0 Å². The normalized spacial score (nSPS) is 16.2. The average Bonchev–Trinajstić information content (AvgIpc) is 3.23. The van der Waals surface area contributed by atoms with Crippen LogP contribution in [0.15, 0.2) is 28.9 Å². The Hall–Kier alpha value is -2.79. The van der Waals surface area contributed by atoms with Crippen LogP contribution in [0.5, 0.6) is 0 Å². The van der Waals surface area contributed by atoms with Crippen molar-refractivity contribution < 1.29 is 23.0 Å². The van der Waals surface area contributed by atoms with Crippen molar-refractivity contribution in [2.75, 3.05) is 13.2 Å². The first-order chi connectivity index (χ1) is 12.0. The first kappa shape index (κ1) is 15.7. The van der Waals surface area contributed by atoms with Gasteiger partial charge in [0.25, 0.3) is 5.89 Å². The van der Waals surface area contributed by atoms with Gasteiger partial charge in [-0.05, 0) is 12.1 Å². The summed E-state index contributed by atoms with van der Waals surface area (Å²) in [4.78, 5) is 4.22. The van der Waals surface area contributed by atoms with E-state index < -0.39 is 17.9 Å². The second-order valence-electron chi connectivity index (χ2n) is 5.61. The molecule has 9 nitrogen and oxygen atoms in total. The van der Waals surface area contributed by atoms with Crippen molar-refractivity contribution in [3.05, 3.63) is 41.8 Å². The molecule has 0 spiro atoms. The third-order valence-electron chi connectivity index (χ3n) is 3.72. The highest BCUT2D eigenvalue weighted by Crippen LogP contribution is 2.27. The summed E-state index contributed by atoms with van der Waals surface area (Å²) in [7, 11) is 0. The maximum absolute atomic E-state index is 12.5. The van der Waals surface area contributed by atoms with E-state index in [1.165, 1.54) is 10.9 Å². The van der Waals surface area contributed by atoms with Crippen molar-refractivity contribution in [1.29, 1.82) is 0 Å². The molecule has 1 N–H and O–H groups in total. The van der Waals surface area contributed by atoms with E-state index in [0.717, 1.165) is 0 Å². The van der Waals surface area contributed by atoms with E-state index in [0.29, 0.717) is 23.5 Å². The van der Waals surface area contributed by atoms with Gasteiger partial charge >= 0.3 is 6.43 Å². The summed E-state index contributed by atoms with van der Waals surface area (Å²) in [6.45, 7) is 0.725. The van der Waals surface area contributed by atoms with Gasteiger partial charge in [0.2, 0.25) is 5.89 Å². The Morgan fingerprint density at radius 2 is 2.08 bits per heavy atom. The van der Waals surface area contributed by atoms with Gasteiger partial charge in [-0.3, -0.25) is 4.98 Å². The molecular formula is C14H12F2N6O3. The predicted octanol–water partition coefficient (Wildman–Crippen LogP) is 0.927. The van der Waals surface area contributed by atoms with E-state index in [9.17, 15) is 13.9 Å². The van der Waals surface area contributed by atoms with Gasteiger partial charge in [-0.1, -0.05) is 5.21 Å². The zero-order valence-corrected chi connectivity index (χ0v) is 12.7. The van der Waals surface area contributed by atoms with Crippen molar-refractivity contribution in [3.63, 3.8) is 0 Å². The predicted molar refractivity (Wildman–Crippen MR) is 76.3 cm³/mol. The lowest BCUT2D eigenvalue weighted by molar-refractivity contribution is -0.186. The second-order valence-corrected chi connectivity index (χ2v) is 5.61. The van der Waals surface area contributed by atoms with Gasteiger partial charge < -0.3 is 14.3 Å². The molecule has 1 aliphatic heterocycles. The van der Waals surface area contributed by atoms with Crippen LogP contribution in [0.1, 0.15) is 23.7 Å². The van der Waals surface area contributed by atoms with Gasteiger partial charge in [0, 0.05) is 6.20 Å². The molecule has 11 heteroatoms. The number of aliphatic hydroxyl groups is 1. The van der Waals surface area contributed by atoms with Gasteiger partial charge in [-0.25, -0.2) is 4.68 Å². The molecule has 1 saturated heterocycles. The lowest BCUT2D eigenvalue weighted by Crippen LogP contribution is -2.46. The number of hydrogen-bond acceptors (Lipinski definition) is 8. The highest BCUT2D eigenvalue weighted by molar-refractivity contribution is 5.50. The summed E-state index contributed by atoms with van der Waals surface area (Å²) in [5, 5.41) is 24.9. The molecule has 0 aliphatic carbocycles. The fraction of sp³-hybridized carbons (Fsp3) is 0.357. The van der Waals surface area contributed by atoms with Gasteiger partial charge in [0.15, 0.2) is 5.60 Å². The largest absolute Gasteiger partial charge is 0.415 e. The number of nitrogens with zero attached hydrogens (tertiary/aromatic N) is 6. The molecule has 0 atom stereocenters. The molecule has 0 saturated carbocycles. The molecule has 0 bridgehead atoms. The maximum Gasteiger partial charge on any atom is 0.314 e. The van der Waals surface area contributed by atoms with Crippen LogP contribution in [-0.4, -0.2) is 48.5 Å². The number of hydrogen-bond donors (Lipinski definition) is 1. The molecule has 0 unspecified atom stereocenters. The van der Waals surface area contributed by atoms with Crippen LogP contribution in [0.3, 0.4) is 0 Å². The fourth-order valence-corrected chi connectivity index (χ4v) is 2.28. The van der Waals surface area contributed by atoms with Crippen LogP contribution in [0.4, 0.5) is 8.78 Å². The number of alkyl halides is 2. The number of pyridine rings is 1. The second kappa shape index (κ2) is 5.93. The molecule has 4 heterocycles. The summed E-state index contributed by atoms with van der Waals surface area (Å²) in [6.07, 6.45) is 0.264. The minimum Gasteiger partial charge on any atom is -0.415 e. The Bertz CT molecular complexity index is 875. The van der Waals surface area contributed by atoms with Crippen LogP contribution < -0.4 is 0 Å². The van der Waals surface area contributed by atoms with Crippen LogP contribution in [-0.2, 0) is 16.9 Å². The maximum atomic E-state index is 12.5. The molecule has 1 aliphatic rings. The molecule has 3 aromatic heterocycles. The third-order valence-corrected chi connectivity index (χ3v) is 3.72. The highest BCUT2D eigenvalue weighted by atomic mass is 19.3. The number of rotatable bonds is 5. The van der Waals surface area contributed by atoms with E-state index in [-0.39, 0.29) is 19.1 Å². The van der Waals surface area contributed by atoms with Crippen LogP contribution in [0.2, 0.25) is 0 Å². The lowest BCUT2D eigenvalue weighted by Gasteiger charge is -2.34. The smallest absolute Gasteiger partial charge is 0.314 e. The van der Waals surface area contributed by atoms with Crippen LogP contribution >= 0.6 is 0 Å². The molecule has 0 aromatic carbocycles. The Morgan fingerprint density at radius 1 is 1.24 bits per heavy atom. The van der Waals surface area contributed by atoms with Crippen molar-refractivity contribution in [2.24, 2.45) is 0 Å². The minimum absolute atomic E-state index is 0.0235. The molecule has 130 valence electrons. The first-order valence-electron chi connectivity index (χ1n) is 7.31. The quantitative estimate of drug-likeness (QED) is 0.723. The van der Waals surface area contributed by atoms with Gasteiger partial charge in [0.05, 0.1) is 37.2 Å². The number of aromatic nitrogens is 6. The average molecular weight is 350 g/mol. The summed E-state index contributed by atoms with van der Waals surface area (Å²) in [5.41, 5.74) is 0.463. The summed E-state index contributed by atoms with van der Waals surface area (Å²) in [5.74, 6) is -0.753. The molecule has 25 heavy (non-hydrogen) atoms. The SMILES string of the molecule is OC1(c2cn(Cc3ccc(-c4nnc(C(F)F)o4)cn3)nn2)COC1. The zero-order valence-electron chi connectivity index (χ0n) is 12.7. The third kappa shape index (κ3) is 2.98. The van der Waals surface area contributed by atoms with Crippen molar-refractivity contribution >= 4 is 0 Å². The van der Waals surface area contributed by atoms with Gasteiger partial charge in [-0.2, -0.15) is 8.78 Å². The molecule has 0 amide bonds. The highest BCUT2D eigenvalue weighted by Gasteiger charge is 2.40. The van der Waals surface area contributed by atoms with E-state index in [1.807, 2.05) is 0 Å². The van der Waals surface area contributed by atoms with Gasteiger partial charge in [-0.15, -0.1) is 15.3 Å². The standard InChI is InChI=1S/C14H12F2N6O3/c15-11(16)13-20-19-12(25-13)8-1-2-9(17-3-8)4-22-5-10(18-21-22)14(23)6-24-7-14/h1-3,5,11,23H,4,6-7H2. The van der Waals surface area contributed by atoms with Crippen LogP contribution in [0, 0.1) is 0 Å². The Labute approximate surface area is 139 Å². The molecular weight excluding hydrogens is 338 g/mol. The Balaban J connectivity index is 1.47. The minimum atomic E-state index is -2.81. The van der Waals surface area contributed by atoms with E-state index in [2.05, 4.69) is 25.5 Å². The lowest BCUT2D eigenvalue weighted by atomic mass is 9.99. The van der Waals surface area contributed by atoms with Crippen molar-refractivity contribution in [3.8, 4) is 11.5 Å². The van der Waals surface area contributed by atoms with Gasteiger partial charge in [0.1, 0.15) is 5.69 Å². The van der Waals surface area contributed by atoms with E-state index in [4.69, 9.17) is 9.15 Å². The van der Waals surface area contributed by atoms with E-state index in [1.54, 1.807) is 18.3 Å². The summed E-state index contributed by atoms with van der Waals surface area (Å²) < 4.78 is 36.3. The fourth-order valence-electron chi connectivity index (χ4n) is 2.28. The Kier molecular flexibility index (Phi) is 3.73. The molecule has 1 fully saturated rings. The van der Waals surface area contributed by atoms with Crippen molar-refractivity contribution in [2.45, 2.75) is 18.6 Å². The monoisotopic (exact) mass is 350 g/mol. The zero-order chi connectivity index (χ0) is 17.4. The molecule has 4 rings (SSSR count). The first-order valence-corrected chi connectivity index (χ1v) is 7.31. The number of ether oxygens (including phenoxy) is 1. The van der Waals surface area contributed by atoms with Crippen molar-refractivity contribution in [1.82, 2.24) is 30.2 Å². The summed E-state index contributed by atoms with van der Waals surface area (Å²) in [6, 6.07) is 3.32.